The van der Waals surface area contributed by atoms with E-state index >= 15 is 0 Å². The van der Waals surface area contributed by atoms with Gasteiger partial charge in [-0.25, -0.2) is 0 Å². The summed E-state index contributed by atoms with van der Waals surface area (Å²) in [6.45, 7) is 4.41. The maximum absolute atomic E-state index is 12.3. The lowest BCUT2D eigenvalue weighted by Crippen LogP contribution is -2.36. The van der Waals surface area contributed by atoms with Crippen molar-refractivity contribution >= 4 is 11.7 Å². The summed E-state index contributed by atoms with van der Waals surface area (Å²) in [7, 11) is 0. The minimum Gasteiger partial charge on any atom is -0.365 e. The summed E-state index contributed by atoms with van der Waals surface area (Å²) in [5.41, 5.74) is 2.85. The minimum absolute atomic E-state index is 0.0118. The van der Waals surface area contributed by atoms with Crippen LogP contribution in [0.1, 0.15) is 40.9 Å². The van der Waals surface area contributed by atoms with Crippen LogP contribution in [0, 0.1) is 6.92 Å². The van der Waals surface area contributed by atoms with Gasteiger partial charge in [0.2, 0.25) is 0 Å². The van der Waals surface area contributed by atoms with Crippen LogP contribution in [-0.2, 0) is 6.54 Å². The number of carbonyl (C=O) groups excluding carboxylic acids is 1. The molecule has 23 heavy (non-hydrogen) atoms. The first-order valence-electron chi connectivity index (χ1n) is 8.15. The van der Waals surface area contributed by atoms with E-state index in [4.69, 9.17) is 0 Å². The summed E-state index contributed by atoms with van der Waals surface area (Å²) >= 11 is 0. The van der Waals surface area contributed by atoms with Crippen LogP contribution >= 0.6 is 0 Å². The highest BCUT2D eigenvalue weighted by Gasteiger charge is 2.19. The molecule has 1 aliphatic rings. The molecule has 0 aliphatic carbocycles. The lowest BCUT2D eigenvalue weighted by atomic mass is 10.1. The minimum atomic E-state index is -0.0118. The number of nitrogens with one attached hydrogen (secondary N) is 1. The predicted octanol–water partition coefficient (Wildman–Crippen LogP) is 3.02. The standard InChI is InChI=1S/C18H22N4O/c1-14-5-7-15(8-6-14)13-19-17-10-9-16(20-21-17)18(23)22-11-3-2-4-12-22/h5-10H,2-4,11-13H2,1H3,(H,19,21). The molecule has 5 heteroatoms. The molecular weight excluding hydrogens is 288 g/mol. The van der Waals surface area contributed by atoms with Gasteiger partial charge in [0, 0.05) is 19.6 Å². The fourth-order valence-electron chi connectivity index (χ4n) is 2.70. The summed E-state index contributed by atoms with van der Waals surface area (Å²) in [6, 6.07) is 11.9. The summed E-state index contributed by atoms with van der Waals surface area (Å²) in [4.78, 5) is 14.2. The quantitative estimate of drug-likeness (QED) is 0.943. The molecule has 2 aromatic rings. The number of amides is 1. The normalized spacial score (nSPS) is 14.6. The fraction of sp³-hybridized carbons (Fsp3) is 0.389. The number of aryl methyl sites for hydroxylation is 1. The molecule has 120 valence electrons. The molecule has 1 aromatic carbocycles. The Labute approximate surface area is 136 Å². The second kappa shape index (κ2) is 7.22. The lowest BCUT2D eigenvalue weighted by Gasteiger charge is -2.26. The number of aromatic nitrogens is 2. The van der Waals surface area contributed by atoms with E-state index in [1.54, 1.807) is 6.07 Å². The second-order valence-corrected chi connectivity index (χ2v) is 6.00. The van der Waals surface area contributed by atoms with E-state index in [1.807, 2.05) is 11.0 Å². The number of anilines is 1. The van der Waals surface area contributed by atoms with Crippen molar-refractivity contribution in [2.24, 2.45) is 0 Å². The molecule has 1 saturated heterocycles. The van der Waals surface area contributed by atoms with Crippen molar-refractivity contribution in [3.63, 3.8) is 0 Å². The first-order valence-corrected chi connectivity index (χ1v) is 8.15. The molecule has 0 unspecified atom stereocenters. The van der Waals surface area contributed by atoms with Gasteiger partial charge in [0.1, 0.15) is 5.82 Å². The van der Waals surface area contributed by atoms with Gasteiger partial charge < -0.3 is 10.2 Å². The van der Waals surface area contributed by atoms with E-state index in [9.17, 15) is 4.79 Å². The number of likely N-dealkylation sites (tertiary alicyclic amines) is 1. The zero-order valence-corrected chi connectivity index (χ0v) is 13.5. The molecule has 1 aromatic heterocycles. The van der Waals surface area contributed by atoms with E-state index in [-0.39, 0.29) is 5.91 Å². The predicted molar refractivity (Wildman–Crippen MR) is 90.3 cm³/mol. The van der Waals surface area contributed by atoms with Crippen LogP contribution in [0.5, 0.6) is 0 Å². The summed E-state index contributed by atoms with van der Waals surface area (Å²) in [5, 5.41) is 11.4. The van der Waals surface area contributed by atoms with Gasteiger partial charge in [-0.1, -0.05) is 29.8 Å². The van der Waals surface area contributed by atoms with Gasteiger partial charge in [-0.15, -0.1) is 10.2 Å². The molecule has 0 atom stereocenters. The van der Waals surface area contributed by atoms with Crippen molar-refractivity contribution in [1.82, 2.24) is 15.1 Å². The number of nitrogens with zero attached hydrogens (tertiary/aromatic N) is 3. The van der Waals surface area contributed by atoms with Crippen molar-refractivity contribution in [3.05, 3.63) is 53.2 Å². The Morgan fingerprint density at radius 1 is 1.04 bits per heavy atom. The third kappa shape index (κ3) is 4.06. The Kier molecular flexibility index (Phi) is 4.86. The highest BCUT2D eigenvalue weighted by Crippen LogP contribution is 2.13. The molecule has 5 nitrogen and oxygen atoms in total. The van der Waals surface area contributed by atoms with Crippen LogP contribution in [0.2, 0.25) is 0 Å². The first-order chi connectivity index (χ1) is 11.2. The van der Waals surface area contributed by atoms with Crippen molar-refractivity contribution in [2.75, 3.05) is 18.4 Å². The molecule has 1 aliphatic heterocycles. The van der Waals surface area contributed by atoms with E-state index in [0.717, 1.165) is 25.9 Å². The number of carbonyl (C=O) groups is 1. The Balaban J connectivity index is 1.58. The molecule has 2 heterocycles. The van der Waals surface area contributed by atoms with E-state index < -0.39 is 0 Å². The Bertz CT molecular complexity index is 646. The van der Waals surface area contributed by atoms with Crippen LogP contribution in [0.4, 0.5) is 5.82 Å². The molecule has 3 rings (SSSR count). The highest BCUT2D eigenvalue weighted by molar-refractivity contribution is 5.92. The number of rotatable bonds is 4. The smallest absolute Gasteiger partial charge is 0.274 e. The maximum atomic E-state index is 12.3. The molecule has 1 N–H and O–H groups in total. The monoisotopic (exact) mass is 310 g/mol. The van der Waals surface area contributed by atoms with Gasteiger partial charge in [0.15, 0.2) is 5.69 Å². The molecule has 0 saturated carbocycles. The molecule has 1 amide bonds. The molecule has 0 bridgehead atoms. The topological polar surface area (TPSA) is 58.1 Å². The zero-order valence-electron chi connectivity index (χ0n) is 13.5. The third-order valence-corrected chi connectivity index (χ3v) is 4.12. The van der Waals surface area contributed by atoms with E-state index in [0.29, 0.717) is 18.1 Å². The average molecular weight is 310 g/mol. The second-order valence-electron chi connectivity index (χ2n) is 6.00. The lowest BCUT2D eigenvalue weighted by molar-refractivity contribution is 0.0717. The molecule has 1 fully saturated rings. The molecule has 0 radical (unpaired) electrons. The fourth-order valence-corrected chi connectivity index (χ4v) is 2.70. The molecule has 0 spiro atoms. The van der Waals surface area contributed by atoms with Crippen molar-refractivity contribution < 1.29 is 4.79 Å². The first kappa shape index (κ1) is 15.5. The van der Waals surface area contributed by atoms with Crippen molar-refractivity contribution in [2.45, 2.75) is 32.7 Å². The van der Waals surface area contributed by atoms with Crippen LogP contribution < -0.4 is 5.32 Å². The van der Waals surface area contributed by atoms with E-state index in [1.165, 1.54) is 17.5 Å². The van der Waals surface area contributed by atoms with Gasteiger partial charge in [-0.05, 0) is 43.9 Å². The van der Waals surface area contributed by atoms with Gasteiger partial charge in [-0.2, -0.15) is 0 Å². The number of benzene rings is 1. The zero-order chi connectivity index (χ0) is 16.1. The van der Waals surface area contributed by atoms with Crippen LogP contribution in [0.25, 0.3) is 0 Å². The molecular formula is C18H22N4O. The Hall–Kier alpha value is -2.43. The van der Waals surface area contributed by atoms with E-state index in [2.05, 4.69) is 46.7 Å². The van der Waals surface area contributed by atoms with Gasteiger partial charge in [0.05, 0.1) is 0 Å². The van der Waals surface area contributed by atoms with Gasteiger partial charge in [-0.3, -0.25) is 4.79 Å². The van der Waals surface area contributed by atoms with Crippen LogP contribution in [0.15, 0.2) is 36.4 Å². The average Bonchev–Trinajstić information content (AvgIpc) is 2.62. The highest BCUT2D eigenvalue weighted by atomic mass is 16.2. The number of hydrogen-bond donors (Lipinski definition) is 1. The third-order valence-electron chi connectivity index (χ3n) is 4.12. The number of piperidine rings is 1. The summed E-state index contributed by atoms with van der Waals surface area (Å²) in [5.74, 6) is 0.669. The Morgan fingerprint density at radius 3 is 2.43 bits per heavy atom. The summed E-state index contributed by atoms with van der Waals surface area (Å²) in [6.07, 6.45) is 3.36. The Morgan fingerprint density at radius 2 is 1.78 bits per heavy atom. The maximum Gasteiger partial charge on any atom is 0.274 e. The largest absolute Gasteiger partial charge is 0.365 e. The van der Waals surface area contributed by atoms with Crippen molar-refractivity contribution in [1.29, 1.82) is 0 Å². The van der Waals surface area contributed by atoms with Crippen LogP contribution in [0.3, 0.4) is 0 Å². The van der Waals surface area contributed by atoms with Gasteiger partial charge >= 0.3 is 0 Å². The number of hydrogen-bond acceptors (Lipinski definition) is 4. The SMILES string of the molecule is Cc1ccc(CNc2ccc(C(=O)N3CCCCC3)nn2)cc1. The van der Waals surface area contributed by atoms with Gasteiger partial charge in [0.25, 0.3) is 5.91 Å². The van der Waals surface area contributed by atoms with Crippen molar-refractivity contribution in [3.8, 4) is 0 Å². The van der Waals surface area contributed by atoms with Crippen LogP contribution in [-0.4, -0.2) is 34.1 Å². The summed E-state index contributed by atoms with van der Waals surface area (Å²) < 4.78 is 0.